The first-order valence-electron chi connectivity index (χ1n) is 27.1. The lowest BCUT2D eigenvalue weighted by molar-refractivity contribution is -0.143. The highest BCUT2D eigenvalue weighted by Crippen LogP contribution is 2.15. The maximum Gasteiger partial charge on any atom is 0.305 e. The molecule has 0 aromatic heterocycles. The number of ether oxygens (including phenoxy) is 1. The fourth-order valence-electron chi connectivity index (χ4n) is 7.84. The average molecular weight is 882 g/mol. The van der Waals surface area contributed by atoms with Crippen LogP contribution in [0.25, 0.3) is 0 Å². The highest BCUT2D eigenvalue weighted by Gasteiger charge is 2.18. The summed E-state index contributed by atoms with van der Waals surface area (Å²) >= 11 is 0. The molecular weight excluding hydrogens is 779 g/mol. The first kappa shape index (κ1) is 60.6. The zero-order valence-corrected chi connectivity index (χ0v) is 41.5. The number of hydrogen-bond acceptors (Lipinski definition) is 5. The van der Waals surface area contributed by atoms with Gasteiger partial charge >= 0.3 is 5.97 Å². The van der Waals surface area contributed by atoms with Crippen LogP contribution in [0.3, 0.4) is 0 Å². The predicted molar refractivity (Wildman–Crippen MR) is 273 cm³/mol. The van der Waals surface area contributed by atoms with E-state index in [1.807, 2.05) is 6.08 Å². The van der Waals surface area contributed by atoms with Crippen molar-refractivity contribution in [3.05, 3.63) is 60.8 Å². The maximum atomic E-state index is 12.4. The number of carbonyl (C=O) groups is 2. The van der Waals surface area contributed by atoms with Gasteiger partial charge in [-0.25, -0.2) is 0 Å². The average Bonchev–Trinajstić information content (AvgIpc) is 3.28. The Hall–Kier alpha value is -2.44. The summed E-state index contributed by atoms with van der Waals surface area (Å²) in [5.41, 5.74) is 0. The Morgan fingerprint density at radius 1 is 0.460 bits per heavy atom. The van der Waals surface area contributed by atoms with Crippen molar-refractivity contribution >= 4 is 11.9 Å². The number of aliphatic hydroxyl groups excluding tert-OH is 2. The van der Waals surface area contributed by atoms with Gasteiger partial charge in [0.2, 0.25) is 5.91 Å². The summed E-state index contributed by atoms with van der Waals surface area (Å²) in [5, 5.41) is 23.1. The molecule has 0 heterocycles. The van der Waals surface area contributed by atoms with E-state index in [4.69, 9.17) is 4.74 Å². The van der Waals surface area contributed by atoms with Crippen LogP contribution in [0.15, 0.2) is 60.8 Å². The van der Waals surface area contributed by atoms with Crippen molar-refractivity contribution in [3.63, 3.8) is 0 Å². The topological polar surface area (TPSA) is 95.9 Å². The fourth-order valence-corrected chi connectivity index (χ4v) is 7.84. The number of esters is 1. The van der Waals surface area contributed by atoms with Crippen LogP contribution in [0.1, 0.15) is 264 Å². The monoisotopic (exact) mass is 882 g/mol. The lowest BCUT2D eigenvalue weighted by Crippen LogP contribution is -2.45. The Bertz CT molecular complexity index is 1110. The lowest BCUT2D eigenvalue weighted by Gasteiger charge is -2.20. The van der Waals surface area contributed by atoms with Gasteiger partial charge in [0.25, 0.3) is 0 Å². The lowest BCUT2D eigenvalue weighted by atomic mass is 10.0. The van der Waals surface area contributed by atoms with Gasteiger partial charge in [-0.3, -0.25) is 9.59 Å². The molecule has 0 aliphatic carbocycles. The van der Waals surface area contributed by atoms with E-state index < -0.39 is 12.1 Å². The quantitative estimate of drug-likeness (QED) is 0.0245. The third-order valence-electron chi connectivity index (χ3n) is 12.0. The number of allylic oxidation sites excluding steroid dienone is 9. The summed E-state index contributed by atoms with van der Waals surface area (Å²) in [5.74, 6) is -0.110. The smallest absolute Gasteiger partial charge is 0.305 e. The minimum atomic E-state index is -0.852. The van der Waals surface area contributed by atoms with Crippen LogP contribution in [0.4, 0.5) is 0 Å². The van der Waals surface area contributed by atoms with Crippen LogP contribution in [-0.2, 0) is 14.3 Å². The SMILES string of the molecule is CCC/C=C\C/C=C\CCCCCCCC(=O)OCCCCC/C=C\C=C/CCCCCCCCCCCCC(=O)NC(CO)C(O)/C=C/CCCCCCCCCCCCCC. The van der Waals surface area contributed by atoms with Crippen molar-refractivity contribution in [2.24, 2.45) is 0 Å². The molecule has 63 heavy (non-hydrogen) atoms. The normalized spacial score (nSPS) is 13.1. The predicted octanol–water partition coefficient (Wildman–Crippen LogP) is 16.4. The third-order valence-corrected chi connectivity index (χ3v) is 12.0. The first-order chi connectivity index (χ1) is 31.0. The highest BCUT2D eigenvalue weighted by molar-refractivity contribution is 5.76. The number of rotatable bonds is 49. The van der Waals surface area contributed by atoms with Crippen molar-refractivity contribution in [1.29, 1.82) is 0 Å². The Morgan fingerprint density at radius 3 is 1.37 bits per heavy atom. The van der Waals surface area contributed by atoms with Gasteiger partial charge in [0, 0.05) is 12.8 Å². The Labute approximate surface area is 390 Å². The molecule has 0 aromatic carbocycles. The van der Waals surface area contributed by atoms with E-state index in [-0.39, 0.29) is 18.5 Å². The first-order valence-corrected chi connectivity index (χ1v) is 27.1. The van der Waals surface area contributed by atoms with Crippen molar-refractivity contribution in [3.8, 4) is 0 Å². The summed E-state index contributed by atoms with van der Waals surface area (Å²) in [7, 11) is 0. The molecule has 0 saturated heterocycles. The number of nitrogens with one attached hydrogen (secondary N) is 1. The van der Waals surface area contributed by atoms with Gasteiger partial charge in [-0.15, -0.1) is 0 Å². The van der Waals surface area contributed by atoms with E-state index in [1.54, 1.807) is 6.08 Å². The molecule has 0 rings (SSSR count). The molecule has 0 fully saturated rings. The second kappa shape index (κ2) is 52.2. The van der Waals surface area contributed by atoms with Crippen LogP contribution in [0, 0.1) is 0 Å². The molecule has 1 amide bonds. The summed E-state index contributed by atoms with van der Waals surface area (Å²) in [6.45, 7) is 4.78. The molecule has 2 atom stereocenters. The highest BCUT2D eigenvalue weighted by atomic mass is 16.5. The largest absolute Gasteiger partial charge is 0.466 e. The zero-order chi connectivity index (χ0) is 45.8. The summed E-state index contributed by atoms with van der Waals surface area (Å²) < 4.78 is 5.43. The summed E-state index contributed by atoms with van der Waals surface area (Å²) in [4.78, 5) is 24.4. The Kier molecular flexibility index (Phi) is 50.2. The Balaban J connectivity index is 3.53. The van der Waals surface area contributed by atoms with Gasteiger partial charge in [0.1, 0.15) is 0 Å². The number of amides is 1. The van der Waals surface area contributed by atoms with Crippen LogP contribution < -0.4 is 5.32 Å². The second-order valence-corrected chi connectivity index (χ2v) is 18.2. The van der Waals surface area contributed by atoms with Crippen molar-refractivity contribution in [2.45, 2.75) is 276 Å². The maximum absolute atomic E-state index is 12.4. The molecule has 366 valence electrons. The minimum Gasteiger partial charge on any atom is -0.466 e. The van der Waals surface area contributed by atoms with E-state index in [1.165, 1.54) is 148 Å². The molecule has 0 aliphatic heterocycles. The number of carbonyl (C=O) groups excluding carboxylic acids is 2. The van der Waals surface area contributed by atoms with Crippen LogP contribution >= 0.6 is 0 Å². The summed E-state index contributed by atoms with van der Waals surface area (Å²) in [6, 6.07) is -0.636. The van der Waals surface area contributed by atoms with Gasteiger partial charge in [0.05, 0.1) is 25.4 Å². The molecule has 6 nitrogen and oxygen atoms in total. The number of unbranched alkanes of at least 4 members (excludes halogenated alkanes) is 31. The molecule has 0 saturated carbocycles. The van der Waals surface area contributed by atoms with Crippen LogP contribution in [0.5, 0.6) is 0 Å². The molecule has 0 spiro atoms. The molecule has 3 N–H and O–H groups in total. The summed E-state index contributed by atoms with van der Waals surface area (Å²) in [6.07, 6.45) is 66.6. The minimum absolute atomic E-state index is 0.0306. The third kappa shape index (κ3) is 48.8. The van der Waals surface area contributed by atoms with Gasteiger partial charge in [-0.1, -0.05) is 222 Å². The van der Waals surface area contributed by atoms with Gasteiger partial charge in [0.15, 0.2) is 0 Å². The number of aliphatic hydroxyl groups is 2. The molecular formula is C57H103NO5. The standard InChI is InChI=1S/C57H103NO5/c1-3-5-7-9-11-13-15-17-26-29-33-37-41-45-49-55(60)54(53-59)58-56(61)50-46-42-38-34-30-27-23-21-19-18-20-22-24-28-32-36-40-44-48-52-63-57(62)51-47-43-39-35-31-25-16-14-12-10-8-6-4-2/h8,10,14,16,22,24,28,32,45,49,54-55,59-60H,3-7,9,11-13,15,17-21,23,25-27,29-31,33-44,46-48,50-53H2,1-2H3,(H,58,61)/b10-8-,16-14-,24-22-,32-28-,49-45+. The van der Waals surface area contributed by atoms with Crippen LogP contribution in [0.2, 0.25) is 0 Å². The molecule has 6 heteroatoms. The Morgan fingerprint density at radius 2 is 0.873 bits per heavy atom. The van der Waals surface area contributed by atoms with Gasteiger partial charge in [-0.2, -0.15) is 0 Å². The van der Waals surface area contributed by atoms with E-state index >= 15 is 0 Å². The van der Waals surface area contributed by atoms with E-state index in [0.717, 1.165) is 89.9 Å². The number of hydrogen-bond donors (Lipinski definition) is 3. The van der Waals surface area contributed by atoms with E-state index in [9.17, 15) is 19.8 Å². The van der Waals surface area contributed by atoms with Gasteiger partial charge in [-0.05, 0) is 89.9 Å². The van der Waals surface area contributed by atoms with Gasteiger partial charge < -0.3 is 20.3 Å². The zero-order valence-electron chi connectivity index (χ0n) is 41.5. The molecule has 0 aromatic rings. The van der Waals surface area contributed by atoms with Crippen molar-refractivity contribution in [1.82, 2.24) is 5.32 Å². The molecule has 0 radical (unpaired) electrons. The van der Waals surface area contributed by atoms with Crippen LogP contribution in [-0.4, -0.2) is 47.4 Å². The molecule has 0 bridgehead atoms. The second-order valence-electron chi connectivity index (χ2n) is 18.2. The van der Waals surface area contributed by atoms with E-state index in [0.29, 0.717) is 19.4 Å². The molecule has 0 aliphatic rings. The fraction of sp³-hybridized carbons (Fsp3) is 0.789. The van der Waals surface area contributed by atoms with Crippen molar-refractivity contribution < 1.29 is 24.5 Å². The van der Waals surface area contributed by atoms with Crippen molar-refractivity contribution in [2.75, 3.05) is 13.2 Å². The molecule has 2 unspecified atom stereocenters. The van der Waals surface area contributed by atoms with E-state index in [2.05, 4.69) is 67.8 Å².